The molecule has 1 unspecified atom stereocenters. The topological polar surface area (TPSA) is 55.3 Å². The van der Waals surface area contributed by atoms with Crippen LogP contribution >= 0.6 is 11.7 Å². The number of hydrogen-bond donors (Lipinski definition) is 0. The maximum absolute atomic E-state index is 12.3. The van der Waals surface area contributed by atoms with Crippen LogP contribution in [0.2, 0.25) is 0 Å². The summed E-state index contributed by atoms with van der Waals surface area (Å²) in [4.78, 5) is 14.2. The molecule has 0 aliphatic carbocycles. The van der Waals surface area contributed by atoms with E-state index < -0.39 is 0 Å². The van der Waals surface area contributed by atoms with Gasteiger partial charge in [-0.1, -0.05) is 24.3 Å². The number of nitrogens with zero attached hydrogens (tertiary/aromatic N) is 3. The molecule has 4 rings (SSSR count). The summed E-state index contributed by atoms with van der Waals surface area (Å²) in [5.74, 6) is -0.0522. The summed E-state index contributed by atoms with van der Waals surface area (Å²) in [6.45, 7) is 1.93. The maximum atomic E-state index is 12.3. The third-order valence-corrected chi connectivity index (χ3v) is 4.59. The quantitative estimate of drug-likeness (QED) is 0.802. The summed E-state index contributed by atoms with van der Waals surface area (Å²) < 4.78 is 14.0. The van der Waals surface area contributed by atoms with Crippen LogP contribution in [0.4, 0.5) is 0 Å². The number of amides is 1. The van der Waals surface area contributed by atoms with Gasteiger partial charge in [0, 0.05) is 6.54 Å². The van der Waals surface area contributed by atoms with Crippen molar-refractivity contribution in [2.75, 3.05) is 13.1 Å². The Hall–Kier alpha value is -1.79. The van der Waals surface area contributed by atoms with Gasteiger partial charge in [-0.25, -0.2) is 0 Å². The molecular weight excluding hydrogens is 274 g/mol. The maximum Gasteiger partial charge on any atom is 0.275 e. The van der Waals surface area contributed by atoms with E-state index in [4.69, 9.17) is 4.74 Å². The Morgan fingerprint density at radius 1 is 1.40 bits per heavy atom. The first-order valence-electron chi connectivity index (χ1n) is 6.58. The lowest BCUT2D eigenvalue weighted by atomic mass is 9.92. The van der Waals surface area contributed by atoms with Crippen molar-refractivity contribution in [3.8, 4) is 0 Å². The van der Waals surface area contributed by atoms with Crippen LogP contribution < -0.4 is 0 Å². The lowest BCUT2D eigenvalue weighted by Gasteiger charge is -2.24. The minimum absolute atomic E-state index is 0.0522. The van der Waals surface area contributed by atoms with E-state index in [1.54, 1.807) is 0 Å². The number of likely N-dealkylation sites (tertiary alicyclic amines) is 1. The highest BCUT2D eigenvalue weighted by atomic mass is 32.1. The van der Waals surface area contributed by atoms with Crippen LogP contribution in [-0.4, -0.2) is 32.6 Å². The second kappa shape index (κ2) is 4.36. The van der Waals surface area contributed by atoms with E-state index in [0.717, 1.165) is 18.1 Å². The van der Waals surface area contributed by atoms with Crippen molar-refractivity contribution in [1.82, 2.24) is 13.6 Å². The van der Waals surface area contributed by atoms with Gasteiger partial charge in [0.15, 0.2) is 5.69 Å². The highest BCUT2D eigenvalue weighted by molar-refractivity contribution is 6.99. The summed E-state index contributed by atoms with van der Waals surface area (Å²) >= 11 is 1.06. The number of aromatic nitrogens is 2. The molecule has 1 fully saturated rings. The van der Waals surface area contributed by atoms with E-state index in [2.05, 4.69) is 20.9 Å². The molecule has 1 aromatic heterocycles. The van der Waals surface area contributed by atoms with Crippen LogP contribution in [0.3, 0.4) is 0 Å². The zero-order valence-corrected chi connectivity index (χ0v) is 11.6. The predicted octanol–water partition coefficient (Wildman–Crippen LogP) is 1.81. The first-order valence-corrected chi connectivity index (χ1v) is 7.31. The van der Waals surface area contributed by atoms with Crippen molar-refractivity contribution < 1.29 is 9.53 Å². The summed E-state index contributed by atoms with van der Waals surface area (Å²) in [5.41, 5.74) is 2.57. The minimum atomic E-state index is -0.324. The van der Waals surface area contributed by atoms with E-state index >= 15 is 0 Å². The molecule has 0 radical (unpaired) electrons. The highest BCUT2D eigenvalue weighted by Gasteiger charge is 2.46. The van der Waals surface area contributed by atoms with Gasteiger partial charge in [-0.05, 0) is 17.5 Å². The zero-order valence-electron chi connectivity index (χ0n) is 10.8. The number of benzene rings is 1. The summed E-state index contributed by atoms with van der Waals surface area (Å²) in [6, 6.07) is 8.27. The first kappa shape index (κ1) is 12.0. The highest BCUT2D eigenvalue weighted by Crippen LogP contribution is 2.43. The van der Waals surface area contributed by atoms with Gasteiger partial charge in [0.2, 0.25) is 0 Å². The minimum Gasteiger partial charge on any atom is -0.364 e. The van der Waals surface area contributed by atoms with Gasteiger partial charge < -0.3 is 9.64 Å². The fourth-order valence-electron chi connectivity index (χ4n) is 3.10. The van der Waals surface area contributed by atoms with E-state index in [-0.39, 0.29) is 11.5 Å². The molecule has 1 aromatic carbocycles. The van der Waals surface area contributed by atoms with Crippen LogP contribution in [0.15, 0.2) is 30.5 Å². The molecule has 6 heteroatoms. The van der Waals surface area contributed by atoms with Gasteiger partial charge in [-0.15, -0.1) is 0 Å². The van der Waals surface area contributed by atoms with Gasteiger partial charge in [0.25, 0.3) is 5.91 Å². The monoisotopic (exact) mass is 287 g/mol. The molecule has 2 aromatic rings. The largest absolute Gasteiger partial charge is 0.364 e. The van der Waals surface area contributed by atoms with E-state index in [1.165, 1.54) is 17.3 Å². The molecule has 2 aliphatic rings. The van der Waals surface area contributed by atoms with E-state index in [1.807, 2.05) is 17.0 Å². The molecule has 0 N–H and O–H groups in total. The Morgan fingerprint density at radius 2 is 2.30 bits per heavy atom. The SMILES string of the molecule is O=C(c1cnsn1)N1CCC2(C1)OCc1ccccc12. The molecule has 102 valence electrons. The van der Waals surface area contributed by atoms with Crippen LogP contribution in [0.5, 0.6) is 0 Å². The third kappa shape index (κ3) is 1.68. The standard InChI is InChI=1S/C14H13N3O2S/c18-13(12-7-15-20-16-12)17-6-5-14(9-17)11-4-2-1-3-10(11)8-19-14/h1-4,7H,5-6,8-9H2. The van der Waals surface area contributed by atoms with Crippen molar-refractivity contribution in [1.29, 1.82) is 0 Å². The van der Waals surface area contributed by atoms with Crippen LogP contribution in [0.1, 0.15) is 28.0 Å². The van der Waals surface area contributed by atoms with Gasteiger partial charge >= 0.3 is 0 Å². The second-order valence-corrected chi connectivity index (χ2v) is 5.77. The smallest absolute Gasteiger partial charge is 0.275 e. The molecule has 1 amide bonds. The molecule has 2 aliphatic heterocycles. The van der Waals surface area contributed by atoms with Gasteiger partial charge in [-0.3, -0.25) is 4.79 Å². The molecule has 1 atom stereocenters. The lowest BCUT2D eigenvalue weighted by Crippen LogP contribution is -2.34. The Kier molecular flexibility index (Phi) is 2.61. The average molecular weight is 287 g/mol. The number of carbonyl (C=O) groups excluding carboxylic acids is 1. The Bertz CT molecular complexity index is 658. The number of carbonyl (C=O) groups is 1. The number of hydrogen-bond acceptors (Lipinski definition) is 5. The predicted molar refractivity (Wildman–Crippen MR) is 73.3 cm³/mol. The van der Waals surface area contributed by atoms with Gasteiger partial charge in [0.1, 0.15) is 5.60 Å². The third-order valence-electron chi connectivity index (χ3n) is 4.11. The molecule has 3 heterocycles. The van der Waals surface area contributed by atoms with Crippen LogP contribution in [0.25, 0.3) is 0 Å². The van der Waals surface area contributed by atoms with Crippen molar-refractivity contribution >= 4 is 17.6 Å². The van der Waals surface area contributed by atoms with E-state index in [0.29, 0.717) is 25.4 Å². The first-order chi connectivity index (χ1) is 9.78. The molecular formula is C14H13N3O2S. The van der Waals surface area contributed by atoms with Gasteiger partial charge in [0.05, 0.1) is 31.1 Å². The van der Waals surface area contributed by atoms with Crippen molar-refractivity contribution in [2.24, 2.45) is 0 Å². The summed E-state index contributed by atoms with van der Waals surface area (Å²) in [5, 5.41) is 0. The lowest BCUT2D eigenvalue weighted by molar-refractivity contribution is -0.0283. The van der Waals surface area contributed by atoms with E-state index in [9.17, 15) is 4.79 Å². The van der Waals surface area contributed by atoms with Crippen molar-refractivity contribution in [3.05, 3.63) is 47.3 Å². The fraction of sp³-hybridized carbons (Fsp3) is 0.357. The number of ether oxygens (including phenoxy) is 1. The average Bonchev–Trinajstić information content (AvgIpc) is 3.21. The Morgan fingerprint density at radius 3 is 3.15 bits per heavy atom. The molecule has 0 saturated carbocycles. The molecule has 1 saturated heterocycles. The van der Waals surface area contributed by atoms with Crippen molar-refractivity contribution in [3.63, 3.8) is 0 Å². The molecule has 20 heavy (non-hydrogen) atoms. The molecule has 5 nitrogen and oxygen atoms in total. The normalized spacial score (nSPS) is 24.3. The number of rotatable bonds is 1. The van der Waals surface area contributed by atoms with Gasteiger partial charge in [-0.2, -0.15) is 8.75 Å². The summed E-state index contributed by atoms with van der Waals surface area (Å²) in [7, 11) is 0. The Balaban J connectivity index is 1.61. The summed E-state index contributed by atoms with van der Waals surface area (Å²) in [6.07, 6.45) is 2.37. The number of fused-ring (bicyclic) bond motifs is 2. The van der Waals surface area contributed by atoms with Crippen LogP contribution in [0, 0.1) is 0 Å². The molecule has 0 bridgehead atoms. The van der Waals surface area contributed by atoms with Crippen LogP contribution in [-0.2, 0) is 16.9 Å². The van der Waals surface area contributed by atoms with Crippen molar-refractivity contribution in [2.45, 2.75) is 18.6 Å². The molecule has 1 spiro atoms. The fourth-order valence-corrected chi connectivity index (χ4v) is 3.51. The zero-order chi connectivity index (χ0) is 13.6. The second-order valence-electron chi connectivity index (χ2n) is 5.21. The Labute approximate surface area is 120 Å².